The number of anilines is 1. The quantitative estimate of drug-likeness (QED) is 0.419. The van der Waals surface area contributed by atoms with Crippen LogP contribution in [-0.4, -0.2) is 25.7 Å². The summed E-state index contributed by atoms with van der Waals surface area (Å²) in [4.78, 5) is 13.4. The molecule has 0 saturated heterocycles. The van der Waals surface area contributed by atoms with Crippen molar-refractivity contribution in [2.45, 2.75) is 33.6 Å². The Balaban J connectivity index is 2.21. The van der Waals surface area contributed by atoms with Crippen molar-refractivity contribution < 1.29 is 13.9 Å². The number of hydrogen-bond donors (Lipinski definition) is 0. The average molecular weight is 333 g/mol. The molecule has 0 aliphatic carbocycles. The number of fused-ring (bicyclic) bond motifs is 1. The van der Waals surface area contributed by atoms with E-state index in [4.69, 9.17) is 21.4 Å². The molecule has 0 fully saturated rings. The van der Waals surface area contributed by atoms with Crippen LogP contribution in [0.5, 0.6) is 0 Å². The monoisotopic (exact) mass is 333 g/mol. The second-order valence-corrected chi connectivity index (χ2v) is 5.81. The SMILES string of the molecule is CCC(=O)OCCCN(CC)c1cc(=S)oc2c(C)cccc12. The van der Waals surface area contributed by atoms with E-state index in [2.05, 4.69) is 17.9 Å². The van der Waals surface area contributed by atoms with Crippen LogP contribution in [0, 0.1) is 11.6 Å². The number of nitrogens with zero attached hydrogens (tertiary/aromatic N) is 1. The van der Waals surface area contributed by atoms with Crippen LogP contribution in [0.4, 0.5) is 5.69 Å². The van der Waals surface area contributed by atoms with Crippen molar-refractivity contribution in [3.63, 3.8) is 0 Å². The molecule has 0 spiro atoms. The van der Waals surface area contributed by atoms with Crippen LogP contribution in [0.1, 0.15) is 32.3 Å². The fourth-order valence-electron chi connectivity index (χ4n) is 2.56. The molecule has 2 rings (SSSR count). The van der Waals surface area contributed by atoms with Gasteiger partial charge in [-0.1, -0.05) is 19.1 Å². The van der Waals surface area contributed by atoms with E-state index in [1.54, 1.807) is 6.92 Å². The van der Waals surface area contributed by atoms with E-state index in [0.717, 1.165) is 41.7 Å². The van der Waals surface area contributed by atoms with Gasteiger partial charge in [0.1, 0.15) is 5.58 Å². The fraction of sp³-hybridized carbons (Fsp3) is 0.444. The van der Waals surface area contributed by atoms with Crippen molar-refractivity contribution in [3.05, 3.63) is 34.5 Å². The Bertz CT molecular complexity index is 739. The van der Waals surface area contributed by atoms with E-state index < -0.39 is 0 Å². The van der Waals surface area contributed by atoms with Crippen molar-refractivity contribution in [1.82, 2.24) is 0 Å². The zero-order chi connectivity index (χ0) is 16.8. The Morgan fingerprint density at radius 3 is 2.83 bits per heavy atom. The van der Waals surface area contributed by atoms with E-state index in [1.807, 2.05) is 25.1 Å². The number of benzene rings is 1. The van der Waals surface area contributed by atoms with Crippen LogP contribution in [0.25, 0.3) is 11.0 Å². The summed E-state index contributed by atoms with van der Waals surface area (Å²) < 4.78 is 11.3. The van der Waals surface area contributed by atoms with Crippen LogP contribution >= 0.6 is 12.2 Å². The molecular formula is C18H23NO3S. The minimum atomic E-state index is -0.152. The number of rotatable bonds is 7. The van der Waals surface area contributed by atoms with Gasteiger partial charge in [-0.15, -0.1) is 0 Å². The maximum atomic E-state index is 11.2. The number of hydrogen-bond acceptors (Lipinski definition) is 5. The first-order valence-electron chi connectivity index (χ1n) is 8.00. The summed E-state index contributed by atoms with van der Waals surface area (Å²) in [6.07, 6.45) is 1.20. The maximum Gasteiger partial charge on any atom is 0.305 e. The van der Waals surface area contributed by atoms with E-state index in [-0.39, 0.29) is 5.97 Å². The highest BCUT2D eigenvalue weighted by molar-refractivity contribution is 7.71. The van der Waals surface area contributed by atoms with Gasteiger partial charge in [0, 0.05) is 31.0 Å². The third-order valence-corrected chi connectivity index (χ3v) is 3.99. The van der Waals surface area contributed by atoms with Crippen LogP contribution in [0.2, 0.25) is 0 Å². The zero-order valence-electron chi connectivity index (χ0n) is 13.9. The number of aryl methyl sites for hydroxylation is 1. The van der Waals surface area contributed by atoms with Gasteiger partial charge in [0.15, 0.2) is 4.71 Å². The van der Waals surface area contributed by atoms with Gasteiger partial charge in [0.05, 0.1) is 12.3 Å². The lowest BCUT2D eigenvalue weighted by molar-refractivity contribution is -0.143. The molecule has 0 atom stereocenters. The van der Waals surface area contributed by atoms with E-state index in [1.165, 1.54) is 0 Å². The van der Waals surface area contributed by atoms with Gasteiger partial charge in [0.25, 0.3) is 0 Å². The molecule has 0 N–H and O–H groups in total. The average Bonchev–Trinajstić information content (AvgIpc) is 2.55. The number of carbonyl (C=O) groups is 1. The number of carbonyl (C=O) groups excluding carboxylic acids is 1. The lowest BCUT2D eigenvalue weighted by atomic mass is 10.1. The number of ether oxygens (including phenoxy) is 1. The summed E-state index contributed by atoms with van der Waals surface area (Å²) in [5.41, 5.74) is 2.98. The summed E-state index contributed by atoms with van der Waals surface area (Å²) in [6, 6.07) is 8.00. The molecule has 0 amide bonds. The van der Waals surface area contributed by atoms with Gasteiger partial charge in [-0.25, -0.2) is 0 Å². The van der Waals surface area contributed by atoms with E-state index in [9.17, 15) is 4.79 Å². The molecular weight excluding hydrogens is 310 g/mol. The number of esters is 1. The molecule has 1 heterocycles. The highest BCUT2D eigenvalue weighted by Crippen LogP contribution is 2.29. The molecule has 1 aromatic heterocycles. The summed E-state index contributed by atoms with van der Waals surface area (Å²) in [7, 11) is 0. The maximum absolute atomic E-state index is 11.2. The largest absolute Gasteiger partial charge is 0.466 e. The summed E-state index contributed by atoms with van der Waals surface area (Å²) >= 11 is 5.28. The summed E-state index contributed by atoms with van der Waals surface area (Å²) in [6.45, 7) is 8.02. The molecule has 2 aromatic rings. The van der Waals surface area contributed by atoms with Gasteiger partial charge in [-0.05, 0) is 44.1 Å². The second kappa shape index (κ2) is 8.11. The Morgan fingerprint density at radius 1 is 1.35 bits per heavy atom. The Morgan fingerprint density at radius 2 is 2.13 bits per heavy atom. The van der Waals surface area contributed by atoms with Crippen molar-refractivity contribution in [1.29, 1.82) is 0 Å². The number of para-hydroxylation sites is 1. The zero-order valence-corrected chi connectivity index (χ0v) is 14.7. The van der Waals surface area contributed by atoms with Crippen LogP contribution in [-0.2, 0) is 9.53 Å². The molecule has 0 unspecified atom stereocenters. The first-order valence-corrected chi connectivity index (χ1v) is 8.41. The molecule has 1 aromatic carbocycles. The first-order chi connectivity index (χ1) is 11.1. The predicted octanol–water partition coefficient (Wildman–Crippen LogP) is 4.64. The smallest absolute Gasteiger partial charge is 0.305 e. The van der Waals surface area contributed by atoms with Crippen molar-refractivity contribution >= 4 is 34.8 Å². The topological polar surface area (TPSA) is 42.7 Å². The van der Waals surface area contributed by atoms with Gasteiger partial charge >= 0.3 is 5.97 Å². The predicted molar refractivity (Wildman–Crippen MR) is 95.5 cm³/mol. The summed E-state index contributed by atoms with van der Waals surface area (Å²) in [5, 5.41) is 1.06. The lowest BCUT2D eigenvalue weighted by Gasteiger charge is -2.24. The van der Waals surface area contributed by atoms with Gasteiger partial charge in [0.2, 0.25) is 0 Å². The van der Waals surface area contributed by atoms with Gasteiger partial charge in [-0.3, -0.25) is 4.79 Å². The molecule has 0 aliphatic heterocycles. The second-order valence-electron chi connectivity index (χ2n) is 5.41. The molecule has 0 radical (unpaired) electrons. The molecule has 23 heavy (non-hydrogen) atoms. The minimum Gasteiger partial charge on any atom is -0.466 e. The van der Waals surface area contributed by atoms with E-state index in [0.29, 0.717) is 17.7 Å². The van der Waals surface area contributed by atoms with E-state index >= 15 is 0 Å². The highest BCUT2D eigenvalue weighted by atomic mass is 32.1. The Kier molecular flexibility index (Phi) is 6.16. The van der Waals surface area contributed by atoms with Crippen LogP contribution < -0.4 is 4.90 Å². The molecule has 0 bridgehead atoms. The van der Waals surface area contributed by atoms with Crippen molar-refractivity contribution in [3.8, 4) is 0 Å². The third-order valence-electron chi connectivity index (χ3n) is 3.79. The molecule has 0 aliphatic rings. The molecule has 4 nitrogen and oxygen atoms in total. The van der Waals surface area contributed by atoms with Gasteiger partial charge < -0.3 is 14.1 Å². The van der Waals surface area contributed by atoms with Crippen LogP contribution in [0.3, 0.4) is 0 Å². The lowest BCUT2D eigenvalue weighted by Crippen LogP contribution is -2.25. The molecule has 0 saturated carbocycles. The van der Waals surface area contributed by atoms with Crippen molar-refractivity contribution in [2.24, 2.45) is 0 Å². The van der Waals surface area contributed by atoms with Gasteiger partial charge in [-0.2, -0.15) is 0 Å². The van der Waals surface area contributed by atoms with Crippen LogP contribution in [0.15, 0.2) is 28.7 Å². The highest BCUT2D eigenvalue weighted by Gasteiger charge is 2.12. The fourth-order valence-corrected chi connectivity index (χ4v) is 2.76. The third kappa shape index (κ3) is 4.32. The summed E-state index contributed by atoms with van der Waals surface area (Å²) in [5.74, 6) is -0.152. The van der Waals surface area contributed by atoms with Crippen molar-refractivity contribution in [2.75, 3.05) is 24.6 Å². The first kappa shape index (κ1) is 17.5. The standard InChI is InChI=1S/C18H23NO3S/c1-4-16(20)21-11-7-10-19(5-2)15-12-17(23)22-18-13(3)8-6-9-14(15)18/h6,8-9,12H,4-5,7,10-11H2,1-3H3. The Hall–Kier alpha value is -1.88. The normalized spacial score (nSPS) is 10.7. The molecule has 124 valence electrons. The molecule has 5 heteroatoms. The Labute approximate surface area is 142 Å². The minimum absolute atomic E-state index is 0.152.